The van der Waals surface area contributed by atoms with Crippen molar-refractivity contribution in [1.29, 1.82) is 0 Å². The van der Waals surface area contributed by atoms with Crippen molar-refractivity contribution >= 4 is 21.7 Å². The second kappa shape index (κ2) is 4.40. The molecule has 1 saturated carbocycles. The number of carbonyl (C=O) groups excluding carboxylic acids is 1. The zero-order valence-corrected chi connectivity index (χ0v) is 9.84. The van der Waals surface area contributed by atoms with Gasteiger partial charge in [0.25, 0.3) is 0 Å². The van der Waals surface area contributed by atoms with Crippen molar-refractivity contribution in [2.45, 2.75) is 31.2 Å². The molecular formula is C9H15NO5S. The van der Waals surface area contributed by atoms with Gasteiger partial charge in [-0.2, -0.15) is 0 Å². The Kier molecular flexibility index (Phi) is 3.57. The number of carbonyl (C=O) groups is 2. The van der Waals surface area contributed by atoms with Crippen LogP contribution in [0.15, 0.2) is 0 Å². The second-order valence-corrected chi connectivity index (χ2v) is 6.46. The third kappa shape index (κ3) is 3.80. The largest absolute Gasteiger partial charge is 0.481 e. The van der Waals surface area contributed by atoms with Crippen molar-refractivity contribution in [3.8, 4) is 0 Å². The third-order valence-electron chi connectivity index (χ3n) is 2.60. The molecule has 1 aliphatic carbocycles. The molecule has 1 rings (SSSR count). The summed E-state index contributed by atoms with van der Waals surface area (Å²) >= 11 is 0. The van der Waals surface area contributed by atoms with Crippen molar-refractivity contribution < 1.29 is 23.1 Å². The molecule has 0 aliphatic heterocycles. The number of rotatable bonds is 5. The molecule has 6 nitrogen and oxygen atoms in total. The standard InChI is InChI=1S/C9H15NO5S/c1-16(14,15)6-7(11)10-9(3-2-4-9)5-8(12)13/h2-6H2,1H3,(H,10,11)(H,12,13). The highest BCUT2D eigenvalue weighted by Gasteiger charge is 2.40. The molecule has 2 N–H and O–H groups in total. The summed E-state index contributed by atoms with van der Waals surface area (Å²) in [5, 5.41) is 11.2. The van der Waals surface area contributed by atoms with Crippen molar-refractivity contribution in [3.05, 3.63) is 0 Å². The van der Waals surface area contributed by atoms with Crippen molar-refractivity contribution in [3.63, 3.8) is 0 Å². The van der Waals surface area contributed by atoms with Crippen LogP contribution in [0.25, 0.3) is 0 Å². The van der Waals surface area contributed by atoms with Crippen LogP contribution in [0.3, 0.4) is 0 Å². The lowest BCUT2D eigenvalue weighted by Gasteiger charge is -2.41. The van der Waals surface area contributed by atoms with Crippen LogP contribution in [0.1, 0.15) is 25.7 Å². The molecule has 0 aromatic heterocycles. The Balaban J connectivity index is 2.57. The molecule has 0 heterocycles. The predicted octanol–water partition coefficient (Wildman–Crippen LogP) is -0.455. The highest BCUT2D eigenvalue weighted by atomic mass is 32.2. The average molecular weight is 249 g/mol. The van der Waals surface area contributed by atoms with Crippen LogP contribution in [-0.4, -0.2) is 42.9 Å². The first-order valence-corrected chi connectivity index (χ1v) is 6.99. The number of carboxylic acid groups (broad SMARTS) is 1. The fourth-order valence-electron chi connectivity index (χ4n) is 1.81. The molecule has 7 heteroatoms. The van der Waals surface area contributed by atoms with Gasteiger partial charge in [0.2, 0.25) is 5.91 Å². The molecule has 0 bridgehead atoms. The molecule has 1 amide bonds. The summed E-state index contributed by atoms with van der Waals surface area (Å²) in [5.74, 6) is -2.20. The molecule has 0 saturated heterocycles. The number of hydrogen-bond donors (Lipinski definition) is 2. The SMILES string of the molecule is CS(=O)(=O)CC(=O)NC1(CC(=O)O)CCC1. The van der Waals surface area contributed by atoms with Gasteiger partial charge in [0.15, 0.2) is 9.84 Å². The van der Waals surface area contributed by atoms with E-state index >= 15 is 0 Å². The molecule has 0 radical (unpaired) electrons. The van der Waals surface area contributed by atoms with Gasteiger partial charge in [-0.3, -0.25) is 9.59 Å². The first-order valence-electron chi connectivity index (χ1n) is 4.93. The van der Waals surface area contributed by atoms with Gasteiger partial charge in [0.1, 0.15) is 5.75 Å². The lowest BCUT2D eigenvalue weighted by Crippen LogP contribution is -2.55. The number of aliphatic carboxylic acids is 1. The number of carboxylic acids is 1. The molecule has 92 valence electrons. The molecule has 1 aliphatic rings. The van der Waals surface area contributed by atoms with Gasteiger partial charge in [-0.15, -0.1) is 0 Å². The van der Waals surface area contributed by atoms with E-state index in [2.05, 4.69) is 5.32 Å². The Bertz CT molecular complexity index is 396. The maximum atomic E-state index is 11.4. The van der Waals surface area contributed by atoms with E-state index in [1.807, 2.05) is 0 Å². The molecular weight excluding hydrogens is 234 g/mol. The van der Waals surface area contributed by atoms with E-state index in [4.69, 9.17) is 5.11 Å². The summed E-state index contributed by atoms with van der Waals surface area (Å²) in [6.07, 6.45) is 2.86. The number of nitrogens with one attached hydrogen (secondary N) is 1. The lowest BCUT2D eigenvalue weighted by atomic mass is 9.74. The molecule has 0 aromatic rings. The Morgan fingerprint density at radius 3 is 2.25 bits per heavy atom. The van der Waals surface area contributed by atoms with Gasteiger partial charge in [-0.05, 0) is 19.3 Å². The van der Waals surface area contributed by atoms with Gasteiger partial charge in [0.05, 0.1) is 12.0 Å². The summed E-state index contributed by atoms with van der Waals surface area (Å²) in [6, 6.07) is 0. The minimum absolute atomic E-state index is 0.150. The van der Waals surface area contributed by atoms with E-state index in [1.165, 1.54) is 0 Å². The van der Waals surface area contributed by atoms with Crippen LogP contribution in [0.5, 0.6) is 0 Å². The van der Waals surface area contributed by atoms with Crippen LogP contribution >= 0.6 is 0 Å². The topological polar surface area (TPSA) is 101 Å². The van der Waals surface area contributed by atoms with E-state index in [9.17, 15) is 18.0 Å². The van der Waals surface area contributed by atoms with Crippen LogP contribution in [0.4, 0.5) is 0 Å². The summed E-state index contributed by atoms with van der Waals surface area (Å²) in [6.45, 7) is 0. The quantitative estimate of drug-likeness (QED) is 0.687. The maximum absolute atomic E-state index is 11.4. The number of hydrogen-bond acceptors (Lipinski definition) is 4. The van der Waals surface area contributed by atoms with Gasteiger partial charge >= 0.3 is 5.97 Å². The van der Waals surface area contributed by atoms with Crippen LogP contribution in [0.2, 0.25) is 0 Å². The minimum Gasteiger partial charge on any atom is -0.481 e. The highest BCUT2D eigenvalue weighted by Crippen LogP contribution is 2.34. The van der Waals surface area contributed by atoms with Crippen LogP contribution in [0, 0.1) is 0 Å². The molecule has 1 fully saturated rings. The average Bonchev–Trinajstić information content (AvgIpc) is 1.95. The van der Waals surface area contributed by atoms with E-state index in [1.54, 1.807) is 0 Å². The summed E-state index contributed by atoms with van der Waals surface area (Å²) in [4.78, 5) is 22.0. The fourth-order valence-corrected chi connectivity index (χ4v) is 2.36. The number of sulfone groups is 1. The first kappa shape index (κ1) is 13.0. The molecule has 0 spiro atoms. The first-order chi connectivity index (χ1) is 7.22. The van der Waals surface area contributed by atoms with Gasteiger partial charge in [0, 0.05) is 6.26 Å². The van der Waals surface area contributed by atoms with Gasteiger partial charge in [-0.1, -0.05) is 0 Å². The Morgan fingerprint density at radius 2 is 1.94 bits per heavy atom. The van der Waals surface area contributed by atoms with E-state index in [0.29, 0.717) is 12.8 Å². The van der Waals surface area contributed by atoms with Crippen LogP contribution in [-0.2, 0) is 19.4 Å². The smallest absolute Gasteiger partial charge is 0.305 e. The molecule has 16 heavy (non-hydrogen) atoms. The fraction of sp³-hybridized carbons (Fsp3) is 0.778. The zero-order chi connectivity index (χ0) is 12.4. The molecule has 0 unspecified atom stereocenters. The van der Waals surface area contributed by atoms with Crippen molar-refractivity contribution in [2.24, 2.45) is 0 Å². The normalized spacial score (nSPS) is 18.6. The van der Waals surface area contributed by atoms with E-state index in [-0.39, 0.29) is 6.42 Å². The predicted molar refractivity (Wildman–Crippen MR) is 56.7 cm³/mol. The highest BCUT2D eigenvalue weighted by molar-refractivity contribution is 7.91. The third-order valence-corrected chi connectivity index (χ3v) is 3.38. The van der Waals surface area contributed by atoms with Gasteiger partial charge in [-0.25, -0.2) is 8.42 Å². The van der Waals surface area contributed by atoms with Crippen molar-refractivity contribution in [2.75, 3.05) is 12.0 Å². The summed E-state index contributed by atoms with van der Waals surface area (Å²) in [5.41, 5.74) is -0.729. The number of amides is 1. The second-order valence-electron chi connectivity index (χ2n) is 4.32. The van der Waals surface area contributed by atoms with Crippen molar-refractivity contribution in [1.82, 2.24) is 5.32 Å². The van der Waals surface area contributed by atoms with E-state index in [0.717, 1.165) is 12.7 Å². The minimum atomic E-state index is -3.37. The lowest BCUT2D eigenvalue weighted by molar-refractivity contribution is -0.140. The molecule has 0 aromatic carbocycles. The monoisotopic (exact) mass is 249 g/mol. The summed E-state index contributed by atoms with van der Waals surface area (Å²) < 4.78 is 21.8. The maximum Gasteiger partial charge on any atom is 0.305 e. The summed E-state index contributed by atoms with van der Waals surface area (Å²) in [7, 11) is -3.37. The molecule has 0 atom stereocenters. The Hall–Kier alpha value is -1.11. The van der Waals surface area contributed by atoms with Gasteiger partial charge < -0.3 is 10.4 Å². The van der Waals surface area contributed by atoms with Crippen LogP contribution < -0.4 is 5.32 Å². The zero-order valence-electron chi connectivity index (χ0n) is 9.02. The Labute approximate surface area is 93.9 Å². The van der Waals surface area contributed by atoms with E-state index < -0.39 is 33.0 Å². The Morgan fingerprint density at radius 1 is 1.38 bits per heavy atom.